The number of hydrogen-bond acceptors (Lipinski definition) is 5. The second-order valence-electron chi connectivity index (χ2n) is 12.4. The van der Waals surface area contributed by atoms with Crippen molar-refractivity contribution in [2.24, 2.45) is 12.8 Å². The number of nitrogens with zero attached hydrogens (tertiary/aromatic N) is 3. The van der Waals surface area contributed by atoms with E-state index in [1.54, 1.807) is 0 Å². The number of unbranched alkanes of at least 4 members (excludes halogenated alkanes) is 1. The molecule has 0 fully saturated rings. The second-order valence-corrected chi connectivity index (χ2v) is 12.8. The highest BCUT2D eigenvalue weighted by molar-refractivity contribution is 6.35. The molecule has 0 bridgehead atoms. The molecule has 5 aromatic rings. The fourth-order valence-electron chi connectivity index (χ4n) is 6.07. The van der Waals surface area contributed by atoms with E-state index in [2.05, 4.69) is 27.9 Å². The van der Waals surface area contributed by atoms with Gasteiger partial charge in [0.1, 0.15) is 17.0 Å². The van der Waals surface area contributed by atoms with Gasteiger partial charge in [0.05, 0.1) is 22.8 Å². The molecule has 7 nitrogen and oxygen atoms in total. The Balaban J connectivity index is 1.62. The summed E-state index contributed by atoms with van der Waals surface area (Å²) in [6, 6.07) is 18.3. The number of nitrogens with two attached hydrogens (primary N) is 1. The first-order valence-electron chi connectivity index (χ1n) is 15.4. The van der Waals surface area contributed by atoms with Crippen LogP contribution in [0.4, 0.5) is 0 Å². The zero-order valence-corrected chi connectivity index (χ0v) is 27.4. The minimum Gasteiger partial charge on any atom is -0.493 e. The summed E-state index contributed by atoms with van der Waals surface area (Å²) < 4.78 is 16.3. The molecule has 0 saturated heterocycles. The van der Waals surface area contributed by atoms with Crippen molar-refractivity contribution in [3.8, 4) is 16.9 Å². The maximum absolute atomic E-state index is 14.0. The minimum absolute atomic E-state index is 0.340. The van der Waals surface area contributed by atoms with Crippen LogP contribution >= 0.6 is 11.6 Å². The maximum Gasteiger partial charge on any atom is 0.355 e. The third-order valence-electron chi connectivity index (χ3n) is 8.04. The maximum atomic E-state index is 14.0. The Kier molecular flexibility index (Phi) is 9.37. The van der Waals surface area contributed by atoms with E-state index < -0.39 is 5.60 Å². The van der Waals surface area contributed by atoms with Gasteiger partial charge in [0.2, 0.25) is 0 Å². The molecule has 232 valence electrons. The highest BCUT2D eigenvalue weighted by Gasteiger charge is 2.30. The van der Waals surface area contributed by atoms with Crippen molar-refractivity contribution in [2.45, 2.75) is 72.4 Å². The van der Waals surface area contributed by atoms with Gasteiger partial charge in [-0.2, -0.15) is 5.10 Å². The lowest BCUT2D eigenvalue weighted by Crippen LogP contribution is -2.26. The van der Waals surface area contributed by atoms with E-state index >= 15 is 0 Å². The quantitative estimate of drug-likeness (QED) is 0.120. The molecule has 5 rings (SSSR count). The van der Waals surface area contributed by atoms with E-state index in [0.29, 0.717) is 43.3 Å². The molecule has 0 aliphatic rings. The van der Waals surface area contributed by atoms with Crippen LogP contribution in [0.15, 0.2) is 54.6 Å². The Morgan fingerprint density at radius 1 is 0.955 bits per heavy atom. The fourth-order valence-corrected chi connectivity index (χ4v) is 6.32. The summed E-state index contributed by atoms with van der Waals surface area (Å²) >= 11 is 7.01. The van der Waals surface area contributed by atoms with E-state index in [9.17, 15) is 4.79 Å². The molecule has 0 saturated carbocycles. The molecule has 0 amide bonds. The molecule has 2 N–H and O–H groups in total. The molecule has 2 aromatic heterocycles. The van der Waals surface area contributed by atoms with Crippen molar-refractivity contribution in [3.05, 3.63) is 82.3 Å². The van der Waals surface area contributed by atoms with Crippen molar-refractivity contribution in [1.29, 1.82) is 0 Å². The first-order valence-corrected chi connectivity index (χ1v) is 15.8. The minimum atomic E-state index is -0.651. The predicted molar refractivity (Wildman–Crippen MR) is 180 cm³/mol. The summed E-state index contributed by atoms with van der Waals surface area (Å²) in [5.74, 6) is 0.518. The number of rotatable bonds is 11. The van der Waals surface area contributed by atoms with Crippen molar-refractivity contribution < 1.29 is 14.3 Å². The predicted octanol–water partition coefficient (Wildman–Crippen LogP) is 8.17. The number of aromatic nitrogens is 3. The second kappa shape index (κ2) is 13.0. The number of fused-ring (bicyclic) bond motifs is 2. The van der Waals surface area contributed by atoms with Gasteiger partial charge in [-0.05, 0) is 89.9 Å². The molecular weight excluding hydrogens is 572 g/mol. The van der Waals surface area contributed by atoms with Gasteiger partial charge >= 0.3 is 5.97 Å². The summed E-state index contributed by atoms with van der Waals surface area (Å²) in [7, 11) is 1.94. The van der Waals surface area contributed by atoms with E-state index in [4.69, 9.17) is 26.8 Å². The lowest BCUT2D eigenvalue weighted by atomic mass is 9.98. The molecule has 0 aliphatic heterocycles. The third-order valence-corrected chi connectivity index (χ3v) is 8.36. The van der Waals surface area contributed by atoms with Crippen LogP contribution in [0.5, 0.6) is 5.75 Å². The molecule has 0 aliphatic carbocycles. The largest absolute Gasteiger partial charge is 0.493 e. The number of aryl methyl sites for hydroxylation is 4. The van der Waals surface area contributed by atoms with Crippen LogP contribution in [0, 0.1) is 13.8 Å². The molecule has 3 aromatic carbocycles. The van der Waals surface area contributed by atoms with Gasteiger partial charge in [0, 0.05) is 41.2 Å². The third kappa shape index (κ3) is 6.35. The zero-order chi connectivity index (χ0) is 31.6. The topological polar surface area (TPSA) is 84.3 Å². The average Bonchev–Trinajstić information content (AvgIpc) is 3.42. The van der Waals surface area contributed by atoms with Gasteiger partial charge < -0.3 is 19.8 Å². The van der Waals surface area contributed by atoms with Crippen molar-refractivity contribution in [1.82, 2.24) is 14.3 Å². The van der Waals surface area contributed by atoms with E-state index in [-0.39, 0.29) is 5.97 Å². The van der Waals surface area contributed by atoms with Crippen LogP contribution in [0.25, 0.3) is 32.8 Å². The number of hydrogen-bond donors (Lipinski definition) is 1. The lowest BCUT2D eigenvalue weighted by molar-refractivity contribution is 0.00566. The normalized spacial score (nSPS) is 11.9. The fraction of sp³-hybridized carbons (Fsp3) is 0.389. The van der Waals surface area contributed by atoms with E-state index in [1.165, 1.54) is 0 Å². The molecule has 0 atom stereocenters. The van der Waals surface area contributed by atoms with Crippen LogP contribution in [-0.4, -0.2) is 39.1 Å². The smallest absolute Gasteiger partial charge is 0.355 e. The number of esters is 1. The standard InChI is InChI=1S/C36H43ClN4O3/c1-23-31(24(2)40(6)39-23)32-29(37)19-18-28-27(16-12-22-43-30-17-11-14-25-13-7-8-15-26(25)30)34(35(42)44-36(3,4)5)41(33(28)32)21-10-9-20-38/h7-8,11,13-15,17-19H,9-10,12,16,20-22,38H2,1-6H3. The molecule has 44 heavy (non-hydrogen) atoms. The summed E-state index contributed by atoms with van der Waals surface area (Å²) in [4.78, 5) is 14.0. The Bertz CT molecular complexity index is 1810. The summed E-state index contributed by atoms with van der Waals surface area (Å²) in [6.07, 6.45) is 2.99. The molecule has 0 unspecified atom stereocenters. The van der Waals surface area contributed by atoms with Crippen LogP contribution in [0.2, 0.25) is 5.02 Å². The summed E-state index contributed by atoms with van der Waals surface area (Å²) in [5.41, 5.74) is 11.5. The van der Waals surface area contributed by atoms with Gasteiger partial charge in [-0.3, -0.25) is 4.68 Å². The molecule has 0 radical (unpaired) electrons. The average molecular weight is 615 g/mol. The van der Waals surface area contributed by atoms with Crippen molar-refractivity contribution in [3.63, 3.8) is 0 Å². The van der Waals surface area contributed by atoms with Crippen LogP contribution in [0.1, 0.15) is 67.5 Å². The highest BCUT2D eigenvalue weighted by Crippen LogP contribution is 2.42. The van der Waals surface area contributed by atoms with Crippen LogP contribution in [0.3, 0.4) is 0 Å². The number of ether oxygens (including phenoxy) is 2. The lowest BCUT2D eigenvalue weighted by Gasteiger charge is -2.21. The van der Waals surface area contributed by atoms with Gasteiger partial charge in [0.25, 0.3) is 0 Å². The van der Waals surface area contributed by atoms with Crippen LogP contribution in [-0.2, 0) is 24.8 Å². The number of halogens is 1. The van der Waals surface area contributed by atoms with Gasteiger partial charge in [0.15, 0.2) is 0 Å². The molecule has 0 spiro atoms. The Labute approximate surface area is 264 Å². The van der Waals surface area contributed by atoms with Crippen molar-refractivity contribution >= 4 is 39.2 Å². The first-order chi connectivity index (χ1) is 21.0. The summed E-state index contributed by atoms with van der Waals surface area (Å²) in [5, 5.41) is 8.53. The Morgan fingerprint density at radius 2 is 1.70 bits per heavy atom. The summed E-state index contributed by atoms with van der Waals surface area (Å²) in [6.45, 7) is 11.4. The first kappa shape index (κ1) is 31.6. The Hall–Kier alpha value is -3.81. The van der Waals surface area contributed by atoms with Gasteiger partial charge in [-0.25, -0.2) is 4.79 Å². The van der Waals surface area contributed by atoms with Gasteiger partial charge in [-0.15, -0.1) is 0 Å². The van der Waals surface area contributed by atoms with E-state index in [0.717, 1.165) is 68.3 Å². The Morgan fingerprint density at radius 3 is 2.41 bits per heavy atom. The molecular formula is C36H43ClN4O3. The number of carbonyl (C=O) groups is 1. The van der Waals surface area contributed by atoms with Crippen LogP contribution < -0.4 is 10.5 Å². The zero-order valence-electron chi connectivity index (χ0n) is 26.7. The highest BCUT2D eigenvalue weighted by atomic mass is 35.5. The van der Waals surface area contributed by atoms with E-state index in [1.807, 2.05) is 82.7 Å². The molecule has 2 heterocycles. The number of carbonyl (C=O) groups excluding carboxylic acids is 1. The van der Waals surface area contributed by atoms with Crippen molar-refractivity contribution in [2.75, 3.05) is 13.2 Å². The molecule has 8 heteroatoms. The van der Waals surface area contributed by atoms with Gasteiger partial charge in [-0.1, -0.05) is 54.1 Å². The monoisotopic (exact) mass is 614 g/mol. The SMILES string of the molecule is Cc1nn(C)c(C)c1-c1c(Cl)ccc2c(CCCOc3cccc4ccccc34)c(C(=O)OC(C)(C)C)n(CCCCN)c12. The number of benzene rings is 3.